The quantitative estimate of drug-likeness (QED) is 0.275. The Hall–Kier alpha value is -2.78. The highest BCUT2D eigenvalue weighted by molar-refractivity contribution is 9.10. The number of imide groups is 1. The van der Waals surface area contributed by atoms with Gasteiger partial charge in [0, 0.05) is 20.1 Å². The Bertz CT molecular complexity index is 1410. The predicted octanol–water partition coefficient (Wildman–Crippen LogP) is 7.63. The lowest BCUT2D eigenvalue weighted by Crippen LogP contribution is -2.27. The van der Waals surface area contributed by atoms with Crippen molar-refractivity contribution in [3.63, 3.8) is 0 Å². The van der Waals surface area contributed by atoms with Crippen LogP contribution in [0.15, 0.2) is 64.0 Å². The van der Waals surface area contributed by atoms with Crippen molar-refractivity contribution in [2.45, 2.75) is 20.4 Å². The van der Waals surface area contributed by atoms with Crippen molar-refractivity contribution in [2.75, 3.05) is 11.9 Å². The first kappa shape index (κ1) is 27.3. The van der Waals surface area contributed by atoms with Gasteiger partial charge in [-0.15, -0.1) is 0 Å². The summed E-state index contributed by atoms with van der Waals surface area (Å²) in [6.07, 6.45) is 1.63. The third kappa shape index (κ3) is 6.57. The maximum Gasteiger partial charge on any atom is 0.293 e. The topological polar surface area (TPSA) is 75.7 Å². The number of hydrogen-bond donors (Lipinski definition) is 1. The van der Waals surface area contributed by atoms with Gasteiger partial charge in [-0.3, -0.25) is 19.3 Å². The van der Waals surface area contributed by atoms with Gasteiger partial charge in [0.25, 0.3) is 17.1 Å². The van der Waals surface area contributed by atoms with Crippen LogP contribution in [0.25, 0.3) is 6.08 Å². The summed E-state index contributed by atoms with van der Waals surface area (Å²) in [6, 6.07) is 15.7. The summed E-state index contributed by atoms with van der Waals surface area (Å²) >= 11 is 16.7. The summed E-state index contributed by atoms with van der Waals surface area (Å²) in [7, 11) is 0. The van der Waals surface area contributed by atoms with Gasteiger partial charge in [-0.05, 0) is 101 Å². The van der Waals surface area contributed by atoms with Gasteiger partial charge in [-0.2, -0.15) is 0 Å². The minimum absolute atomic E-state index is 0.00587. The lowest BCUT2D eigenvalue weighted by molar-refractivity contribution is -0.123. The second kappa shape index (κ2) is 11.7. The molecule has 3 aromatic rings. The molecule has 0 spiro atoms. The molecule has 4 rings (SSSR count). The van der Waals surface area contributed by atoms with Crippen LogP contribution in [0.5, 0.6) is 5.75 Å². The van der Waals surface area contributed by atoms with E-state index in [9.17, 15) is 14.4 Å². The van der Waals surface area contributed by atoms with E-state index in [1.807, 2.05) is 26.0 Å². The van der Waals surface area contributed by atoms with E-state index in [0.717, 1.165) is 32.3 Å². The Morgan fingerprint density at radius 3 is 2.38 bits per heavy atom. The van der Waals surface area contributed by atoms with E-state index in [1.165, 1.54) is 0 Å². The number of anilines is 1. The van der Waals surface area contributed by atoms with Crippen molar-refractivity contribution in [2.24, 2.45) is 0 Å². The summed E-state index contributed by atoms with van der Waals surface area (Å²) in [5.41, 5.74) is 4.09. The highest BCUT2D eigenvalue weighted by Crippen LogP contribution is 2.35. The first-order valence-corrected chi connectivity index (χ1v) is 13.5. The van der Waals surface area contributed by atoms with Gasteiger partial charge in [-0.25, -0.2) is 0 Å². The molecule has 1 fully saturated rings. The Morgan fingerprint density at radius 2 is 1.70 bits per heavy atom. The second-order valence-corrected chi connectivity index (χ2v) is 11.0. The molecule has 190 valence electrons. The Balaban J connectivity index is 1.36. The summed E-state index contributed by atoms with van der Waals surface area (Å²) in [6.45, 7) is 3.81. The molecule has 1 aliphatic rings. The molecule has 3 amide bonds. The van der Waals surface area contributed by atoms with Crippen LogP contribution in [0.3, 0.4) is 0 Å². The molecule has 3 aromatic carbocycles. The lowest BCUT2D eigenvalue weighted by atomic mass is 10.1. The Morgan fingerprint density at radius 1 is 1.05 bits per heavy atom. The van der Waals surface area contributed by atoms with E-state index in [-0.39, 0.29) is 19.1 Å². The first-order chi connectivity index (χ1) is 17.6. The highest BCUT2D eigenvalue weighted by atomic mass is 79.9. The molecule has 0 aliphatic carbocycles. The monoisotopic (exact) mass is 618 g/mol. The van der Waals surface area contributed by atoms with Crippen molar-refractivity contribution in [1.29, 1.82) is 0 Å². The standard InChI is InChI=1S/C27H21BrCl2N2O4S/c1-15-10-20(28)23(11-16(15)2)31-25(33)14-36-18-8-6-17(7-9-18)12-24-26(34)32(27(35)37-24)13-19-21(29)4-3-5-22(19)30/h3-12H,13-14H2,1-2H3,(H,31,33)/b24-12-. The smallest absolute Gasteiger partial charge is 0.293 e. The Kier molecular flexibility index (Phi) is 8.64. The zero-order valence-electron chi connectivity index (χ0n) is 19.8. The molecule has 0 radical (unpaired) electrons. The lowest BCUT2D eigenvalue weighted by Gasteiger charge is -2.14. The first-order valence-electron chi connectivity index (χ1n) is 11.1. The highest BCUT2D eigenvalue weighted by Gasteiger charge is 2.35. The summed E-state index contributed by atoms with van der Waals surface area (Å²) in [5.74, 6) is -0.214. The molecule has 1 aliphatic heterocycles. The summed E-state index contributed by atoms with van der Waals surface area (Å²) < 4.78 is 6.39. The van der Waals surface area contributed by atoms with E-state index in [2.05, 4.69) is 21.2 Å². The normalized spacial score (nSPS) is 14.4. The van der Waals surface area contributed by atoms with E-state index >= 15 is 0 Å². The molecular weight excluding hydrogens is 599 g/mol. The average molecular weight is 620 g/mol. The maximum absolute atomic E-state index is 12.9. The zero-order valence-corrected chi connectivity index (χ0v) is 23.7. The fourth-order valence-corrected chi connectivity index (χ4v) is 5.41. The second-order valence-electron chi connectivity index (χ2n) is 8.29. The SMILES string of the molecule is Cc1cc(Br)c(NC(=O)COc2ccc(/C=C3\SC(=O)N(Cc4c(Cl)cccc4Cl)C3=O)cc2)cc1C. The number of amides is 3. The maximum atomic E-state index is 12.9. The van der Waals surface area contributed by atoms with Crippen LogP contribution in [0.2, 0.25) is 10.0 Å². The summed E-state index contributed by atoms with van der Waals surface area (Å²) in [4.78, 5) is 39.1. The average Bonchev–Trinajstić information content (AvgIpc) is 3.11. The number of nitrogens with one attached hydrogen (secondary N) is 1. The van der Waals surface area contributed by atoms with Gasteiger partial charge in [0.1, 0.15) is 5.75 Å². The molecule has 1 saturated heterocycles. The predicted molar refractivity (Wildman–Crippen MR) is 152 cm³/mol. The zero-order chi connectivity index (χ0) is 26.7. The molecule has 0 aromatic heterocycles. The van der Waals surface area contributed by atoms with E-state index in [0.29, 0.717) is 37.5 Å². The fourth-order valence-electron chi connectivity index (χ4n) is 3.50. The van der Waals surface area contributed by atoms with E-state index in [4.69, 9.17) is 27.9 Å². The Labute approximate surface area is 237 Å². The van der Waals surface area contributed by atoms with Crippen molar-refractivity contribution < 1.29 is 19.1 Å². The minimum Gasteiger partial charge on any atom is -0.484 e. The van der Waals surface area contributed by atoms with E-state index in [1.54, 1.807) is 48.5 Å². The van der Waals surface area contributed by atoms with Crippen molar-refractivity contribution in [3.05, 3.63) is 96.3 Å². The number of carbonyl (C=O) groups is 3. The number of nitrogens with zero attached hydrogens (tertiary/aromatic N) is 1. The summed E-state index contributed by atoms with van der Waals surface area (Å²) in [5, 5.41) is 3.22. The number of aryl methyl sites for hydroxylation is 2. The molecule has 0 atom stereocenters. The molecule has 0 bridgehead atoms. The molecular formula is C27H21BrCl2N2O4S. The van der Waals surface area contributed by atoms with Gasteiger partial charge in [0.15, 0.2) is 6.61 Å². The van der Waals surface area contributed by atoms with Gasteiger partial charge in [0.2, 0.25) is 0 Å². The van der Waals surface area contributed by atoms with Crippen molar-refractivity contribution in [1.82, 2.24) is 4.90 Å². The van der Waals surface area contributed by atoms with Crippen LogP contribution in [0, 0.1) is 13.8 Å². The third-order valence-electron chi connectivity index (χ3n) is 5.66. The van der Waals surface area contributed by atoms with Crippen molar-refractivity contribution >= 4 is 79.7 Å². The van der Waals surface area contributed by atoms with Crippen LogP contribution in [0.4, 0.5) is 10.5 Å². The molecule has 1 heterocycles. The number of halogens is 3. The van der Waals surface area contributed by atoms with Gasteiger partial charge >= 0.3 is 0 Å². The number of carbonyl (C=O) groups excluding carboxylic acids is 3. The molecule has 10 heteroatoms. The largest absolute Gasteiger partial charge is 0.484 e. The number of ether oxygens (including phenoxy) is 1. The number of benzene rings is 3. The van der Waals surface area contributed by atoms with E-state index < -0.39 is 11.1 Å². The van der Waals surface area contributed by atoms with Gasteiger partial charge in [0.05, 0.1) is 17.1 Å². The van der Waals surface area contributed by atoms with Crippen LogP contribution in [-0.4, -0.2) is 28.6 Å². The number of hydrogen-bond acceptors (Lipinski definition) is 5. The van der Waals surface area contributed by atoms with Gasteiger partial charge in [-0.1, -0.05) is 41.4 Å². The molecule has 1 N–H and O–H groups in total. The molecule has 6 nitrogen and oxygen atoms in total. The van der Waals surface area contributed by atoms with Crippen LogP contribution in [0.1, 0.15) is 22.3 Å². The number of rotatable bonds is 7. The van der Waals surface area contributed by atoms with Gasteiger partial charge < -0.3 is 10.1 Å². The van der Waals surface area contributed by atoms with Crippen LogP contribution in [-0.2, 0) is 16.1 Å². The van der Waals surface area contributed by atoms with Crippen LogP contribution >= 0.6 is 50.9 Å². The van der Waals surface area contributed by atoms with Crippen LogP contribution < -0.4 is 10.1 Å². The third-order valence-corrected chi connectivity index (χ3v) is 7.93. The van der Waals surface area contributed by atoms with Crippen molar-refractivity contribution in [3.8, 4) is 5.75 Å². The molecule has 0 saturated carbocycles. The minimum atomic E-state index is -0.416. The molecule has 0 unspecified atom stereocenters. The molecule has 37 heavy (non-hydrogen) atoms. The number of thioether (sulfide) groups is 1. The fraction of sp³-hybridized carbons (Fsp3) is 0.148.